The van der Waals surface area contributed by atoms with Crippen molar-refractivity contribution in [2.24, 2.45) is 5.92 Å². The molecule has 1 aliphatic rings. The maximum Gasteiger partial charge on any atom is 0.235 e. The predicted molar refractivity (Wildman–Crippen MR) is 83.2 cm³/mol. The van der Waals surface area contributed by atoms with Crippen LogP contribution >= 0.6 is 11.3 Å². The first-order valence-electron chi connectivity index (χ1n) is 7.34. The average molecular weight is 299 g/mol. The molecule has 1 N–H and O–H groups in total. The average Bonchev–Trinajstić information content (AvgIpc) is 3.08. The molecule has 2 aromatic heterocycles. The second-order valence-electron chi connectivity index (χ2n) is 5.58. The Bertz CT molecular complexity index is 748. The number of piperidine rings is 1. The first-order valence-corrected chi connectivity index (χ1v) is 8.15. The van der Waals surface area contributed by atoms with Gasteiger partial charge in [-0.2, -0.15) is 9.61 Å². The molecule has 1 aliphatic heterocycles. The lowest BCUT2D eigenvalue weighted by Gasteiger charge is -2.27. The minimum Gasteiger partial charge on any atom is -0.308 e. The van der Waals surface area contributed by atoms with Gasteiger partial charge in [0.1, 0.15) is 5.01 Å². The van der Waals surface area contributed by atoms with Crippen LogP contribution in [0.15, 0.2) is 30.3 Å². The van der Waals surface area contributed by atoms with Crippen LogP contribution in [-0.4, -0.2) is 26.4 Å². The number of nitrogens with zero attached hydrogens (tertiary/aromatic N) is 4. The molecule has 4 rings (SSSR count). The fourth-order valence-corrected chi connectivity index (χ4v) is 3.95. The molecule has 3 heterocycles. The Kier molecular flexibility index (Phi) is 3.20. The van der Waals surface area contributed by atoms with Gasteiger partial charge in [-0.05, 0) is 25.3 Å². The molecule has 0 amide bonds. The summed E-state index contributed by atoms with van der Waals surface area (Å²) < 4.78 is 1.87. The zero-order chi connectivity index (χ0) is 14.2. The number of benzene rings is 1. The van der Waals surface area contributed by atoms with Crippen molar-refractivity contribution in [3.63, 3.8) is 0 Å². The number of rotatable bonds is 2. The van der Waals surface area contributed by atoms with E-state index in [2.05, 4.69) is 22.4 Å². The summed E-state index contributed by atoms with van der Waals surface area (Å²) in [7, 11) is 0. The van der Waals surface area contributed by atoms with Crippen LogP contribution in [0.25, 0.3) is 16.3 Å². The molecule has 1 fully saturated rings. The molecule has 2 unspecified atom stereocenters. The van der Waals surface area contributed by atoms with Crippen molar-refractivity contribution in [2.45, 2.75) is 25.8 Å². The van der Waals surface area contributed by atoms with Crippen molar-refractivity contribution in [2.75, 3.05) is 6.54 Å². The first kappa shape index (κ1) is 12.9. The zero-order valence-electron chi connectivity index (χ0n) is 11.9. The van der Waals surface area contributed by atoms with Gasteiger partial charge in [0.05, 0.1) is 6.04 Å². The van der Waals surface area contributed by atoms with E-state index in [1.807, 2.05) is 34.8 Å². The van der Waals surface area contributed by atoms with Crippen LogP contribution in [0.2, 0.25) is 0 Å². The summed E-state index contributed by atoms with van der Waals surface area (Å²) in [6, 6.07) is 10.4. The van der Waals surface area contributed by atoms with E-state index in [4.69, 9.17) is 5.10 Å². The lowest BCUT2D eigenvalue weighted by molar-refractivity contribution is 0.303. The van der Waals surface area contributed by atoms with E-state index < -0.39 is 0 Å². The number of fused-ring (bicyclic) bond motifs is 1. The summed E-state index contributed by atoms with van der Waals surface area (Å²) in [6.07, 6.45) is 2.50. The van der Waals surface area contributed by atoms with Crippen LogP contribution in [0.4, 0.5) is 0 Å². The third-order valence-corrected chi connectivity index (χ3v) is 5.06. The Balaban J connectivity index is 1.76. The largest absolute Gasteiger partial charge is 0.308 e. The molecule has 21 heavy (non-hydrogen) atoms. The molecular formula is C15H17N5S. The molecule has 6 heteroatoms. The topological polar surface area (TPSA) is 55.1 Å². The maximum atomic E-state index is 4.77. The van der Waals surface area contributed by atoms with Crippen LogP contribution in [0.5, 0.6) is 0 Å². The number of nitrogens with one attached hydrogen (secondary N) is 1. The van der Waals surface area contributed by atoms with E-state index in [0.717, 1.165) is 27.9 Å². The normalized spacial score (nSPS) is 22.7. The van der Waals surface area contributed by atoms with Crippen LogP contribution in [0.3, 0.4) is 0 Å². The number of hydrogen-bond acceptors (Lipinski definition) is 5. The summed E-state index contributed by atoms with van der Waals surface area (Å²) in [5.41, 5.74) is 1.05. The van der Waals surface area contributed by atoms with E-state index in [1.165, 1.54) is 12.8 Å². The van der Waals surface area contributed by atoms with Crippen LogP contribution < -0.4 is 5.32 Å². The van der Waals surface area contributed by atoms with Gasteiger partial charge in [0.25, 0.3) is 0 Å². The Hall–Kier alpha value is -1.79. The van der Waals surface area contributed by atoms with Crippen molar-refractivity contribution in [3.8, 4) is 11.4 Å². The third-order valence-electron chi connectivity index (χ3n) is 4.07. The summed E-state index contributed by atoms with van der Waals surface area (Å²) in [4.78, 5) is 0.864. The van der Waals surface area contributed by atoms with E-state index in [1.54, 1.807) is 11.3 Å². The van der Waals surface area contributed by atoms with Crippen molar-refractivity contribution in [1.82, 2.24) is 25.1 Å². The summed E-state index contributed by atoms with van der Waals surface area (Å²) in [5.74, 6) is 1.43. The quantitative estimate of drug-likeness (QED) is 0.790. The van der Waals surface area contributed by atoms with Gasteiger partial charge in [-0.15, -0.1) is 10.2 Å². The zero-order valence-corrected chi connectivity index (χ0v) is 12.7. The lowest BCUT2D eigenvalue weighted by Crippen LogP contribution is -2.32. The van der Waals surface area contributed by atoms with Crippen molar-refractivity contribution < 1.29 is 0 Å². The molecule has 5 nitrogen and oxygen atoms in total. The maximum absolute atomic E-state index is 4.77. The van der Waals surface area contributed by atoms with Gasteiger partial charge in [0, 0.05) is 5.56 Å². The standard InChI is InChI=1S/C15H17N5S/c1-10-6-5-9-16-12(10)14-19-20-13(17-18-15(20)21-14)11-7-3-2-4-8-11/h2-4,7-8,10,12,16H,5-6,9H2,1H3. The van der Waals surface area contributed by atoms with Crippen molar-refractivity contribution >= 4 is 16.3 Å². The molecule has 1 saturated heterocycles. The van der Waals surface area contributed by atoms with Crippen LogP contribution in [0.1, 0.15) is 30.8 Å². The number of aromatic nitrogens is 4. The second kappa shape index (κ2) is 5.20. The molecule has 1 aromatic carbocycles. The highest BCUT2D eigenvalue weighted by atomic mass is 32.1. The minimum absolute atomic E-state index is 0.342. The Morgan fingerprint density at radius 3 is 2.90 bits per heavy atom. The Morgan fingerprint density at radius 1 is 1.24 bits per heavy atom. The monoisotopic (exact) mass is 299 g/mol. The van der Waals surface area contributed by atoms with E-state index >= 15 is 0 Å². The van der Waals surface area contributed by atoms with Crippen molar-refractivity contribution in [3.05, 3.63) is 35.3 Å². The molecule has 2 atom stereocenters. The van der Waals surface area contributed by atoms with E-state index in [9.17, 15) is 0 Å². The molecule has 0 bridgehead atoms. The highest BCUT2D eigenvalue weighted by molar-refractivity contribution is 7.16. The second-order valence-corrected chi connectivity index (χ2v) is 6.56. The smallest absolute Gasteiger partial charge is 0.235 e. The van der Waals surface area contributed by atoms with Crippen molar-refractivity contribution in [1.29, 1.82) is 0 Å². The van der Waals surface area contributed by atoms with Gasteiger partial charge < -0.3 is 5.32 Å². The fraction of sp³-hybridized carbons (Fsp3) is 0.400. The van der Waals surface area contributed by atoms with Crippen LogP contribution in [0, 0.1) is 5.92 Å². The Morgan fingerprint density at radius 2 is 2.10 bits per heavy atom. The fourth-order valence-electron chi connectivity index (χ4n) is 2.90. The molecule has 0 saturated carbocycles. The summed E-state index contributed by atoms with van der Waals surface area (Å²) >= 11 is 1.64. The van der Waals surface area contributed by atoms with Gasteiger partial charge in [-0.25, -0.2) is 0 Å². The Labute approximate surface area is 127 Å². The molecule has 0 aliphatic carbocycles. The SMILES string of the molecule is CC1CCCNC1c1nn2c(-c3ccccc3)nnc2s1. The molecule has 3 aromatic rings. The lowest BCUT2D eigenvalue weighted by atomic mass is 9.93. The predicted octanol–water partition coefficient (Wildman–Crippen LogP) is 2.91. The van der Waals surface area contributed by atoms with Gasteiger partial charge in [-0.3, -0.25) is 0 Å². The van der Waals surface area contributed by atoms with Crippen LogP contribution in [-0.2, 0) is 0 Å². The highest BCUT2D eigenvalue weighted by Gasteiger charge is 2.26. The number of hydrogen-bond donors (Lipinski definition) is 1. The van der Waals surface area contributed by atoms with Gasteiger partial charge in [-0.1, -0.05) is 48.6 Å². The summed E-state index contributed by atoms with van der Waals surface area (Å²) in [5, 5.41) is 18.0. The van der Waals surface area contributed by atoms with Gasteiger partial charge >= 0.3 is 0 Å². The third kappa shape index (κ3) is 2.24. The molecule has 0 spiro atoms. The highest BCUT2D eigenvalue weighted by Crippen LogP contribution is 2.32. The molecular weight excluding hydrogens is 282 g/mol. The van der Waals surface area contributed by atoms with E-state index in [0.29, 0.717) is 12.0 Å². The minimum atomic E-state index is 0.342. The van der Waals surface area contributed by atoms with E-state index in [-0.39, 0.29) is 0 Å². The molecule has 108 valence electrons. The summed E-state index contributed by atoms with van der Waals surface area (Å²) in [6.45, 7) is 3.36. The molecule has 0 radical (unpaired) electrons. The van der Waals surface area contributed by atoms with Gasteiger partial charge in [0.15, 0.2) is 5.82 Å². The van der Waals surface area contributed by atoms with Gasteiger partial charge in [0.2, 0.25) is 4.96 Å². The first-order chi connectivity index (χ1) is 10.3.